The second kappa shape index (κ2) is 8.05. The Labute approximate surface area is 150 Å². The number of carbonyl (C=O) groups is 1. The molecule has 2 fully saturated rings. The van der Waals surface area contributed by atoms with Gasteiger partial charge in [-0.15, -0.1) is 36.2 Å². The van der Waals surface area contributed by atoms with E-state index in [1.165, 1.54) is 0 Å². The summed E-state index contributed by atoms with van der Waals surface area (Å²) in [6.07, 6.45) is 1.52. The van der Waals surface area contributed by atoms with Crippen LogP contribution < -0.4 is 5.32 Å². The molecule has 2 aliphatic rings. The third-order valence-corrected chi connectivity index (χ3v) is 5.25. The average molecular weight is 388 g/mol. The predicted molar refractivity (Wildman–Crippen MR) is 91.3 cm³/mol. The first-order valence-corrected chi connectivity index (χ1v) is 8.14. The van der Waals surface area contributed by atoms with Gasteiger partial charge in [0.1, 0.15) is 0 Å². The molecule has 1 aromatic heterocycles. The van der Waals surface area contributed by atoms with Crippen molar-refractivity contribution in [2.75, 3.05) is 19.6 Å². The van der Waals surface area contributed by atoms with E-state index >= 15 is 0 Å². The Morgan fingerprint density at radius 3 is 2.78 bits per heavy atom. The number of halogens is 4. The minimum Gasteiger partial charge on any atom is -0.341 e. The lowest BCUT2D eigenvalue weighted by Gasteiger charge is -2.33. The monoisotopic (exact) mass is 387 g/mol. The molecule has 2 saturated heterocycles. The zero-order chi connectivity index (χ0) is 15.0. The van der Waals surface area contributed by atoms with Crippen LogP contribution in [0.3, 0.4) is 0 Å². The molecule has 2 atom stereocenters. The number of likely N-dealkylation sites (tertiary alicyclic amines) is 1. The third kappa shape index (κ3) is 4.75. The van der Waals surface area contributed by atoms with Crippen LogP contribution in [0.4, 0.5) is 8.78 Å². The Balaban J connectivity index is 0.00000132. The fourth-order valence-electron chi connectivity index (χ4n) is 3.05. The Hall–Kier alpha value is -0.500. The van der Waals surface area contributed by atoms with Crippen molar-refractivity contribution >= 4 is 42.1 Å². The molecule has 0 aliphatic carbocycles. The molecule has 0 bridgehead atoms. The van der Waals surface area contributed by atoms with Crippen LogP contribution in [0.1, 0.15) is 35.9 Å². The number of rotatable bonds is 2. The van der Waals surface area contributed by atoms with E-state index in [0.29, 0.717) is 13.1 Å². The van der Waals surface area contributed by atoms with Gasteiger partial charge in [-0.1, -0.05) is 0 Å². The normalized spacial score (nSPS) is 26.3. The summed E-state index contributed by atoms with van der Waals surface area (Å²) >= 11 is 1.62. The van der Waals surface area contributed by atoms with Gasteiger partial charge in [-0.3, -0.25) is 10.1 Å². The van der Waals surface area contributed by atoms with Gasteiger partial charge in [0.15, 0.2) is 0 Å². The molecule has 2 unspecified atom stereocenters. The Kier molecular flexibility index (Phi) is 7.19. The first-order chi connectivity index (χ1) is 9.94. The lowest BCUT2D eigenvalue weighted by molar-refractivity contribution is -0.134. The lowest BCUT2D eigenvalue weighted by Crippen LogP contribution is -2.47. The van der Waals surface area contributed by atoms with Gasteiger partial charge in [-0.2, -0.15) is 0 Å². The summed E-state index contributed by atoms with van der Waals surface area (Å²) in [6.45, 7) is 2.81. The highest BCUT2D eigenvalue weighted by molar-refractivity contribution is 7.09. The number of thiazole rings is 1. The van der Waals surface area contributed by atoms with E-state index in [1.54, 1.807) is 16.2 Å². The Morgan fingerprint density at radius 1 is 1.48 bits per heavy atom. The summed E-state index contributed by atoms with van der Waals surface area (Å²) in [4.78, 5) is 18.6. The molecule has 9 heteroatoms. The molecule has 1 N–H and O–H groups in total. The van der Waals surface area contributed by atoms with Gasteiger partial charge in [0.25, 0.3) is 5.92 Å². The molecule has 0 saturated carbocycles. The summed E-state index contributed by atoms with van der Waals surface area (Å²) < 4.78 is 26.4. The second-order valence-corrected chi connectivity index (χ2v) is 6.83. The van der Waals surface area contributed by atoms with Crippen molar-refractivity contribution in [1.82, 2.24) is 15.2 Å². The number of alkyl halides is 2. The SMILES string of the molecule is Cc1csc(C2CCCN(C(=O)C3CC(F)(F)CN3)C2)n1.Cl.Cl. The van der Waals surface area contributed by atoms with Crippen molar-refractivity contribution in [1.29, 1.82) is 0 Å². The van der Waals surface area contributed by atoms with Crippen molar-refractivity contribution in [2.45, 2.75) is 44.1 Å². The number of piperidine rings is 1. The highest BCUT2D eigenvalue weighted by Gasteiger charge is 2.44. The van der Waals surface area contributed by atoms with Crippen LogP contribution >= 0.6 is 36.2 Å². The molecule has 4 nitrogen and oxygen atoms in total. The molecule has 2 aliphatic heterocycles. The number of nitrogens with zero attached hydrogens (tertiary/aromatic N) is 2. The highest BCUT2D eigenvalue weighted by atomic mass is 35.5. The maximum Gasteiger partial charge on any atom is 0.262 e. The van der Waals surface area contributed by atoms with Crippen LogP contribution in [0.15, 0.2) is 5.38 Å². The van der Waals surface area contributed by atoms with Crippen LogP contribution in [-0.4, -0.2) is 47.4 Å². The van der Waals surface area contributed by atoms with Crippen molar-refractivity contribution in [3.05, 3.63) is 16.1 Å². The van der Waals surface area contributed by atoms with E-state index in [0.717, 1.165) is 23.5 Å². The van der Waals surface area contributed by atoms with E-state index in [-0.39, 0.29) is 43.1 Å². The number of carbonyl (C=O) groups excluding carboxylic acids is 1. The number of hydrogen-bond donors (Lipinski definition) is 1. The topological polar surface area (TPSA) is 45.2 Å². The Bertz CT molecular complexity index is 544. The standard InChI is InChI=1S/C14H19F2N3OS.2ClH/c1-9-7-21-12(18-9)10-3-2-4-19(6-10)13(20)11-5-14(15,16)8-17-11;;/h7,10-11,17H,2-6,8H2,1H3;2*1H. The quantitative estimate of drug-likeness (QED) is 0.847. The summed E-state index contributed by atoms with van der Waals surface area (Å²) in [6, 6.07) is -0.739. The Morgan fingerprint density at radius 2 is 2.22 bits per heavy atom. The van der Waals surface area contributed by atoms with Gasteiger partial charge in [0.05, 0.1) is 17.6 Å². The molecule has 0 spiro atoms. The van der Waals surface area contributed by atoms with Crippen LogP contribution in [0.5, 0.6) is 0 Å². The number of aromatic nitrogens is 1. The average Bonchev–Trinajstić information content (AvgIpc) is 3.04. The number of nitrogens with one attached hydrogen (secondary N) is 1. The molecular formula is C14H21Cl2F2N3OS. The van der Waals surface area contributed by atoms with Crippen molar-refractivity contribution < 1.29 is 13.6 Å². The lowest BCUT2D eigenvalue weighted by atomic mass is 9.98. The molecule has 0 radical (unpaired) electrons. The van der Waals surface area contributed by atoms with Crippen LogP contribution in [0.25, 0.3) is 0 Å². The number of hydrogen-bond acceptors (Lipinski definition) is 4. The van der Waals surface area contributed by atoms with Gasteiger partial charge in [-0.25, -0.2) is 13.8 Å². The first kappa shape index (κ1) is 20.5. The molecule has 0 aromatic carbocycles. The maximum atomic E-state index is 13.2. The molecule has 3 rings (SSSR count). The number of aryl methyl sites for hydroxylation is 1. The first-order valence-electron chi connectivity index (χ1n) is 7.27. The van der Waals surface area contributed by atoms with Crippen molar-refractivity contribution in [3.63, 3.8) is 0 Å². The van der Waals surface area contributed by atoms with E-state index < -0.39 is 18.5 Å². The fourth-order valence-corrected chi connectivity index (χ4v) is 3.97. The van der Waals surface area contributed by atoms with Crippen LogP contribution in [-0.2, 0) is 4.79 Å². The molecule has 132 valence electrons. The van der Waals surface area contributed by atoms with Gasteiger partial charge >= 0.3 is 0 Å². The fraction of sp³-hybridized carbons (Fsp3) is 0.714. The van der Waals surface area contributed by atoms with Crippen molar-refractivity contribution in [3.8, 4) is 0 Å². The second-order valence-electron chi connectivity index (χ2n) is 5.94. The summed E-state index contributed by atoms with van der Waals surface area (Å²) in [5.41, 5.74) is 0.996. The molecule has 1 aromatic rings. The molecule has 3 heterocycles. The van der Waals surface area contributed by atoms with E-state index in [9.17, 15) is 13.6 Å². The van der Waals surface area contributed by atoms with Gasteiger partial charge in [-0.05, 0) is 19.8 Å². The predicted octanol–water partition coefficient (Wildman–Crippen LogP) is 3.00. The minimum absolute atomic E-state index is 0. The highest BCUT2D eigenvalue weighted by Crippen LogP contribution is 2.31. The third-order valence-electron chi connectivity index (χ3n) is 4.13. The molecular weight excluding hydrogens is 367 g/mol. The number of amides is 1. The van der Waals surface area contributed by atoms with Gasteiger partial charge in [0.2, 0.25) is 5.91 Å². The summed E-state index contributed by atoms with van der Waals surface area (Å²) in [5, 5.41) is 5.71. The molecule has 23 heavy (non-hydrogen) atoms. The van der Waals surface area contributed by atoms with Crippen LogP contribution in [0.2, 0.25) is 0 Å². The minimum atomic E-state index is -2.76. The molecule has 1 amide bonds. The van der Waals surface area contributed by atoms with Gasteiger partial charge in [0, 0.05) is 36.5 Å². The van der Waals surface area contributed by atoms with Gasteiger partial charge < -0.3 is 4.90 Å². The summed E-state index contributed by atoms with van der Waals surface area (Å²) in [5.74, 6) is -2.71. The van der Waals surface area contributed by atoms with E-state index in [2.05, 4.69) is 10.3 Å². The largest absolute Gasteiger partial charge is 0.341 e. The van der Waals surface area contributed by atoms with E-state index in [4.69, 9.17) is 0 Å². The summed E-state index contributed by atoms with van der Waals surface area (Å²) in [7, 11) is 0. The zero-order valence-electron chi connectivity index (χ0n) is 12.8. The van der Waals surface area contributed by atoms with Crippen molar-refractivity contribution in [2.24, 2.45) is 0 Å². The zero-order valence-corrected chi connectivity index (χ0v) is 15.2. The van der Waals surface area contributed by atoms with E-state index in [1.807, 2.05) is 12.3 Å². The smallest absolute Gasteiger partial charge is 0.262 e. The van der Waals surface area contributed by atoms with Crippen LogP contribution in [0, 0.1) is 6.92 Å². The maximum absolute atomic E-state index is 13.2.